The maximum absolute atomic E-state index is 12.7. The molecule has 2 aromatic carbocycles. The molecule has 5 nitrogen and oxygen atoms in total. The molecule has 5 heteroatoms. The molecule has 0 spiro atoms. The molecule has 1 atom stereocenters. The molecule has 2 aromatic rings. The van der Waals surface area contributed by atoms with Crippen molar-refractivity contribution in [3.8, 4) is 5.75 Å². The van der Waals surface area contributed by atoms with Crippen LogP contribution in [-0.4, -0.2) is 35.9 Å². The number of rotatable bonds is 8. The first-order chi connectivity index (χ1) is 12.1. The van der Waals surface area contributed by atoms with E-state index in [-0.39, 0.29) is 18.4 Å². The van der Waals surface area contributed by atoms with Crippen LogP contribution in [0.3, 0.4) is 0 Å². The van der Waals surface area contributed by atoms with E-state index in [0.29, 0.717) is 18.8 Å². The molecular weight excluding hydrogens is 316 g/mol. The lowest BCUT2D eigenvalue weighted by Gasteiger charge is -2.28. The largest absolute Gasteiger partial charge is 0.484 e. The molecule has 1 N–H and O–H groups in total. The van der Waals surface area contributed by atoms with E-state index in [1.807, 2.05) is 55.5 Å². The molecule has 0 saturated heterocycles. The van der Waals surface area contributed by atoms with Crippen LogP contribution < -0.4 is 10.1 Å². The summed E-state index contributed by atoms with van der Waals surface area (Å²) < 4.78 is 5.55. The molecule has 0 heterocycles. The second-order valence-corrected chi connectivity index (χ2v) is 5.68. The zero-order chi connectivity index (χ0) is 18.1. The van der Waals surface area contributed by atoms with E-state index in [2.05, 4.69) is 5.32 Å². The highest BCUT2D eigenvalue weighted by Crippen LogP contribution is 2.12. The smallest absolute Gasteiger partial charge is 0.261 e. The van der Waals surface area contributed by atoms with Crippen LogP contribution in [0, 0.1) is 0 Å². The second-order valence-electron chi connectivity index (χ2n) is 5.68. The molecule has 25 heavy (non-hydrogen) atoms. The molecule has 2 rings (SSSR count). The van der Waals surface area contributed by atoms with Crippen LogP contribution in [0.2, 0.25) is 0 Å². The minimum absolute atomic E-state index is 0.111. The maximum atomic E-state index is 12.7. The Labute approximate surface area is 148 Å². The monoisotopic (exact) mass is 340 g/mol. The molecule has 0 aliphatic heterocycles. The van der Waals surface area contributed by atoms with Gasteiger partial charge in [0.25, 0.3) is 5.91 Å². The van der Waals surface area contributed by atoms with Gasteiger partial charge in [-0.2, -0.15) is 0 Å². The number of para-hydroxylation sites is 1. The van der Waals surface area contributed by atoms with Crippen LogP contribution in [-0.2, 0) is 16.1 Å². The fourth-order valence-electron chi connectivity index (χ4n) is 2.43. The number of ether oxygens (including phenoxy) is 1. The SMILES string of the molecule is CCNC(=O)[C@@H](C)N(Cc1ccccc1)C(=O)COc1ccccc1. The lowest BCUT2D eigenvalue weighted by Crippen LogP contribution is -2.49. The van der Waals surface area contributed by atoms with E-state index in [1.165, 1.54) is 0 Å². The Morgan fingerprint density at radius 1 is 1.04 bits per heavy atom. The molecule has 0 unspecified atom stereocenters. The number of amides is 2. The molecular formula is C20H24N2O3. The van der Waals surface area contributed by atoms with Crippen molar-refractivity contribution in [1.82, 2.24) is 10.2 Å². The minimum atomic E-state index is -0.577. The average molecular weight is 340 g/mol. The van der Waals surface area contributed by atoms with Gasteiger partial charge in [0, 0.05) is 13.1 Å². The number of nitrogens with one attached hydrogen (secondary N) is 1. The van der Waals surface area contributed by atoms with E-state index < -0.39 is 6.04 Å². The van der Waals surface area contributed by atoms with Gasteiger partial charge >= 0.3 is 0 Å². The summed E-state index contributed by atoms with van der Waals surface area (Å²) in [7, 11) is 0. The van der Waals surface area contributed by atoms with Gasteiger partial charge < -0.3 is 15.0 Å². The van der Waals surface area contributed by atoms with Crippen LogP contribution >= 0.6 is 0 Å². The second kappa shape index (κ2) is 9.47. The normalized spacial score (nSPS) is 11.4. The number of benzene rings is 2. The number of hydrogen-bond acceptors (Lipinski definition) is 3. The summed E-state index contributed by atoms with van der Waals surface area (Å²) in [5.74, 6) is 0.221. The maximum Gasteiger partial charge on any atom is 0.261 e. The fourth-order valence-corrected chi connectivity index (χ4v) is 2.43. The third kappa shape index (κ3) is 5.64. The topological polar surface area (TPSA) is 58.6 Å². The molecule has 0 aromatic heterocycles. The molecule has 0 bridgehead atoms. The third-order valence-corrected chi connectivity index (χ3v) is 3.82. The summed E-state index contributed by atoms with van der Waals surface area (Å²) in [5.41, 5.74) is 0.965. The molecule has 132 valence electrons. The van der Waals surface area contributed by atoms with Crippen LogP contribution in [0.5, 0.6) is 5.75 Å². The number of carbonyl (C=O) groups excluding carboxylic acids is 2. The Balaban J connectivity index is 2.09. The minimum Gasteiger partial charge on any atom is -0.484 e. The summed E-state index contributed by atoms with van der Waals surface area (Å²) in [6.45, 7) is 4.36. The van der Waals surface area contributed by atoms with Gasteiger partial charge in [0.15, 0.2) is 6.61 Å². The predicted octanol–water partition coefficient (Wildman–Crippen LogP) is 2.62. The summed E-state index contributed by atoms with van der Waals surface area (Å²) in [4.78, 5) is 26.4. The van der Waals surface area contributed by atoms with Gasteiger partial charge in [-0.15, -0.1) is 0 Å². The van der Waals surface area contributed by atoms with E-state index in [1.54, 1.807) is 24.0 Å². The van der Waals surface area contributed by atoms with Crippen LogP contribution in [0.4, 0.5) is 0 Å². The first-order valence-electron chi connectivity index (χ1n) is 8.40. The van der Waals surface area contributed by atoms with E-state index in [0.717, 1.165) is 5.56 Å². The number of likely N-dealkylation sites (N-methyl/N-ethyl adjacent to an activating group) is 1. The first kappa shape index (κ1) is 18.5. The van der Waals surface area contributed by atoms with Crippen molar-refractivity contribution in [3.63, 3.8) is 0 Å². The Morgan fingerprint density at radius 3 is 2.24 bits per heavy atom. The van der Waals surface area contributed by atoms with Crippen molar-refractivity contribution < 1.29 is 14.3 Å². The zero-order valence-electron chi connectivity index (χ0n) is 14.6. The van der Waals surface area contributed by atoms with Crippen LogP contribution in [0.15, 0.2) is 60.7 Å². The van der Waals surface area contributed by atoms with Gasteiger partial charge in [-0.1, -0.05) is 48.5 Å². The zero-order valence-corrected chi connectivity index (χ0v) is 14.6. The van der Waals surface area contributed by atoms with Gasteiger partial charge in [-0.25, -0.2) is 0 Å². The van der Waals surface area contributed by atoms with Gasteiger partial charge in [0.2, 0.25) is 5.91 Å². The predicted molar refractivity (Wildman–Crippen MR) is 97.1 cm³/mol. The highest BCUT2D eigenvalue weighted by molar-refractivity contribution is 5.87. The Morgan fingerprint density at radius 2 is 1.64 bits per heavy atom. The molecule has 0 fully saturated rings. The van der Waals surface area contributed by atoms with Crippen LogP contribution in [0.1, 0.15) is 19.4 Å². The standard InChI is InChI=1S/C20H24N2O3/c1-3-21-20(24)16(2)22(14-17-10-6-4-7-11-17)19(23)15-25-18-12-8-5-9-13-18/h4-13,16H,3,14-15H2,1-2H3,(H,21,24)/t16-/m1/s1. The van der Waals surface area contributed by atoms with E-state index >= 15 is 0 Å². The van der Waals surface area contributed by atoms with Gasteiger partial charge in [-0.05, 0) is 31.5 Å². The lowest BCUT2D eigenvalue weighted by molar-refractivity contribution is -0.142. The lowest BCUT2D eigenvalue weighted by atomic mass is 10.1. The Kier molecular flexibility index (Phi) is 7.01. The molecule has 2 amide bonds. The molecule has 0 radical (unpaired) electrons. The quantitative estimate of drug-likeness (QED) is 0.804. The van der Waals surface area contributed by atoms with Gasteiger partial charge in [-0.3, -0.25) is 9.59 Å². The van der Waals surface area contributed by atoms with Gasteiger partial charge in [0.05, 0.1) is 0 Å². The average Bonchev–Trinajstić information content (AvgIpc) is 2.65. The summed E-state index contributed by atoms with van der Waals surface area (Å²) in [5, 5.41) is 2.77. The van der Waals surface area contributed by atoms with Crippen molar-refractivity contribution in [3.05, 3.63) is 66.2 Å². The first-order valence-corrected chi connectivity index (χ1v) is 8.40. The van der Waals surface area contributed by atoms with E-state index in [9.17, 15) is 9.59 Å². The van der Waals surface area contributed by atoms with Crippen molar-refractivity contribution in [2.45, 2.75) is 26.4 Å². The summed E-state index contributed by atoms with van der Waals surface area (Å²) in [6.07, 6.45) is 0. The summed E-state index contributed by atoms with van der Waals surface area (Å²) >= 11 is 0. The number of carbonyl (C=O) groups is 2. The van der Waals surface area contributed by atoms with Crippen molar-refractivity contribution in [1.29, 1.82) is 0 Å². The number of nitrogens with zero attached hydrogens (tertiary/aromatic N) is 1. The highest BCUT2D eigenvalue weighted by Gasteiger charge is 2.26. The van der Waals surface area contributed by atoms with Crippen molar-refractivity contribution in [2.24, 2.45) is 0 Å². The molecule has 0 saturated carbocycles. The molecule has 0 aliphatic carbocycles. The van der Waals surface area contributed by atoms with Crippen molar-refractivity contribution >= 4 is 11.8 Å². The Bertz CT molecular complexity index is 674. The van der Waals surface area contributed by atoms with Gasteiger partial charge in [0.1, 0.15) is 11.8 Å². The van der Waals surface area contributed by atoms with E-state index in [4.69, 9.17) is 4.74 Å². The van der Waals surface area contributed by atoms with Crippen LogP contribution in [0.25, 0.3) is 0 Å². The third-order valence-electron chi connectivity index (χ3n) is 3.82. The number of hydrogen-bond donors (Lipinski definition) is 1. The highest BCUT2D eigenvalue weighted by atomic mass is 16.5. The van der Waals surface area contributed by atoms with Crippen molar-refractivity contribution in [2.75, 3.05) is 13.2 Å². The molecule has 0 aliphatic rings. The fraction of sp³-hybridized carbons (Fsp3) is 0.300. The summed E-state index contributed by atoms with van der Waals surface area (Å²) in [6, 6.07) is 18.2. The Hall–Kier alpha value is -2.82.